The second-order valence-electron chi connectivity index (χ2n) is 5.13. The molecule has 0 aromatic heterocycles. The molecule has 0 radical (unpaired) electrons. The minimum Gasteiger partial charge on any atom is -0.507 e. The van der Waals surface area contributed by atoms with E-state index in [1.54, 1.807) is 6.07 Å². The number of fused-ring (bicyclic) bond motifs is 1. The Labute approximate surface area is 130 Å². The Balaban J connectivity index is 2.35. The van der Waals surface area contributed by atoms with Crippen LogP contribution in [0.4, 0.5) is 0 Å². The number of hydrogen-bond donors (Lipinski definition) is 1. The monoisotopic (exact) mass is 302 g/mol. The second-order valence-corrected chi connectivity index (χ2v) is 5.13. The first-order valence-electron chi connectivity index (χ1n) is 7.75. The quantitative estimate of drug-likeness (QED) is 0.467. The smallest absolute Gasteiger partial charge is 0.311 e. The highest BCUT2D eigenvalue weighted by molar-refractivity contribution is 5.96. The Kier molecular flexibility index (Phi) is 5.64. The highest BCUT2D eigenvalue weighted by Gasteiger charge is 2.17. The molecule has 0 aliphatic carbocycles. The number of benzene rings is 2. The van der Waals surface area contributed by atoms with E-state index in [4.69, 9.17) is 9.47 Å². The highest BCUT2D eigenvalue weighted by atomic mass is 16.6. The summed E-state index contributed by atoms with van der Waals surface area (Å²) in [5, 5.41) is 11.4. The van der Waals surface area contributed by atoms with Gasteiger partial charge < -0.3 is 14.6 Å². The van der Waals surface area contributed by atoms with E-state index in [9.17, 15) is 9.90 Å². The predicted molar refractivity (Wildman–Crippen MR) is 86.6 cm³/mol. The lowest BCUT2D eigenvalue weighted by atomic mass is 10.1. The number of unbranched alkanes of at least 4 members (excludes halogenated alkanes) is 2. The molecular weight excluding hydrogens is 280 g/mol. The molecule has 0 spiro atoms. The molecule has 0 unspecified atom stereocenters. The Morgan fingerprint density at radius 2 is 1.86 bits per heavy atom. The third-order valence-electron chi connectivity index (χ3n) is 3.44. The van der Waals surface area contributed by atoms with Crippen LogP contribution in [0.5, 0.6) is 17.2 Å². The van der Waals surface area contributed by atoms with Crippen LogP contribution in [0.3, 0.4) is 0 Å². The van der Waals surface area contributed by atoms with Gasteiger partial charge in [0.1, 0.15) is 5.75 Å². The molecule has 4 heteroatoms. The zero-order valence-corrected chi connectivity index (χ0v) is 13.1. The van der Waals surface area contributed by atoms with Crippen molar-refractivity contribution in [3.63, 3.8) is 0 Å². The molecule has 22 heavy (non-hydrogen) atoms. The molecule has 2 rings (SSSR count). The summed E-state index contributed by atoms with van der Waals surface area (Å²) in [5.74, 6) is 0.620. The van der Waals surface area contributed by atoms with Crippen LogP contribution in [0, 0.1) is 0 Å². The van der Waals surface area contributed by atoms with Crippen LogP contribution in [-0.2, 0) is 4.79 Å². The topological polar surface area (TPSA) is 55.8 Å². The summed E-state index contributed by atoms with van der Waals surface area (Å²) in [7, 11) is 0. The van der Waals surface area contributed by atoms with Crippen LogP contribution < -0.4 is 9.47 Å². The van der Waals surface area contributed by atoms with Crippen LogP contribution in [0.15, 0.2) is 30.3 Å². The van der Waals surface area contributed by atoms with Gasteiger partial charge in [0.05, 0.1) is 6.61 Å². The molecule has 0 aliphatic rings. The van der Waals surface area contributed by atoms with Crippen molar-refractivity contribution < 1.29 is 19.4 Å². The fourth-order valence-corrected chi connectivity index (χ4v) is 2.36. The molecule has 0 bridgehead atoms. The highest BCUT2D eigenvalue weighted by Crippen LogP contribution is 2.41. The zero-order valence-electron chi connectivity index (χ0n) is 13.1. The van der Waals surface area contributed by atoms with E-state index < -0.39 is 0 Å². The number of carbonyl (C=O) groups is 1. The minimum absolute atomic E-state index is 0.116. The van der Waals surface area contributed by atoms with Crippen molar-refractivity contribution in [3.05, 3.63) is 30.3 Å². The van der Waals surface area contributed by atoms with Crippen molar-refractivity contribution in [2.24, 2.45) is 0 Å². The summed E-state index contributed by atoms with van der Waals surface area (Å²) in [6, 6.07) is 8.77. The second kappa shape index (κ2) is 7.69. The standard InChI is InChI=1S/C18H22O4/c1-3-5-6-11-17(20)22-18-14-10-8-7-9-13(14)15(19)12-16(18)21-4-2/h7-10,12,19H,3-6,11H2,1-2H3. The van der Waals surface area contributed by atoms with Gasteiger partial charge in [-0.05, 0) is 13.3 Å². The first kappa shape index (κ1) is 16.1. The van der Waals surface area contributed by atoms with E-state index in [0.717, 1.165) is 19.3 Å². The van der Waals surface area contributed by atoms with Crippen molar-refractivity contribution >= 4 is 16.7 Å². The number of phenolic OH excluding ortho intramolecular Hbond substituents is 1. The lowest BCUT2D eigenvalue weighted by Gasteiger charge is -2.14. The molecule has 0 fully saturated rings. The van der Waals surface area contributed by atoms with Gasteiger partial charge in [-0.25, -0.2) is 0 Å². The molecule has 0 heterocycles. The Bertz CT molecular complexity index is 649. The van der Waals surface area contributed by atoms with Crippen LogP contribution in [0.25, 0.3) is 10.8 Å². The van der Waals surface area contributed by atoms with E-state index in [1.165, 1.54) is 6.07 Å². The number of phenols is 1. The van der Waals surface area contributed by atoms with E-state index >= 15 is 0 Å². The summed E-state index contributed by atoms with van der Waals surface area (Å²) < 4.78 is 11.1. The predicted octanol–water partition coefficient (Wildman–Crippen LogP) is 4.43. The van der Waals surface area contributed by atoms with Gasteiger partial charge in [-0.2, -0.15) is 0 Å². The lowest BCUT2D eigenvalue weighted by Crippen LogP contribution is -2.09. The molecule has 2 aromatic rings. The van der Waals surface area contributed by atoms with Gasteiger partial charge in [0.15, 0.2) is 11.5 Å². The molecule has 2 aromatic carbocycles. The van der Waals surface area contributed by atoms with Gasteiger partial charge >= 0.3 is 5.97 Å². The van der Waals surface area contributed by atoms with Gasteiger partial charge in [0, 0.05) is 23.3 Å². The number of ether oxygens (including phenoxy) is 2. The summed E-state index contributed by atoms with van der Waals surface area (Å²) in [5.41, 5.74) is 0. The van der Waals surface area contributed by atoms with Gasteiger partial charge in [-0.1, -0.05) is 44.0 Å². The van der Waals surface area contributed by atoms with Crippen molar-refractivity contribution in [1.82, 2.24) is 0 Å². The average molecular weight is 302 g/mol. The molecule has 1 N–H and O–H groups in total. The third-order valence-corrected chi connectivity index (χ3v) is 3.44. The fourth-order valence-electron chi connectivity index (χ4n) is 2.36. The third kappa shape index (κ3) is 3.70. The zero-order chi connectivity index (χ0) is 15.9. The summed E-state index contributed by atoms with van der Waals surface area (Å²) in [6.07, 6.45) is 3.26. The van der Waals surface area contributed by atoms with Crippen molar-refractivity contribution in [1.29, 1.82) is 0 Å². The molecule has 0 amide bonds. The van der Waals surface area contributed by atoms with Crippen LogP contribution in [0.1, 0.15) is 39.5 Å². The van der Waals surface area contributed by atoms with E-state index in [2.05, 4.69) is 6.92 Å². The maximum Gasteiger partial charge on any atom is 0.311 e. The van der Waals surface area contributed by atoms with Gasteiger partial charge in [0.25, 0.3) is 0 Å². The maximum atomic E-state index is 12.0. The fraction of sp³-hybridized carbons (Fsp3) is 0.389. The maximum absolute atomic E-state index is 12.0. The van der Waals surface area contributed by atoms with Crippen LogP contribution in [-0.4, -0.2) is 17.7 Å². The van der Waals surface area contributed by atoms with Crippen LogP contribution in [0.2, 0.25) is 0 Å². The van der Waals surface area contributed by atoms with Gasteiger partial charge in [-0.3, -0.25) is 4.79 Å². The first-order valence-corrected chi connectivity index (χ1v) is 7.75. The van der Waals surface area contributed by atoms with Crippen molar-refractivity contribution in [3.8, 4) is 17.2 Å². The Morgan fingerprint density at radius 3 is 2.55 bits per heavy atom. The van der Waals surface area contributed by atoms with E-state index in [0.29, 0.717) is 35.3 Å². The number of rotatable bonds is 7. The summed E-state index contributed by atoms with van der Waals surface area (Å²) in [6.45, 7) is 4.36. The van der Waals surface area contributed by atoms with Crippen LogP contribution >= 0.6 is 0 Å². The largest absolute Gasteiger partial charge is 0.507 e. The first-order chi connectivity index (χ1) is 10.7. The molecule has 0 saturated heterocycles. The number of hydrogen-bond acceptors (Lipinski definition) is 4. The Morgan fingerprint density at radius 1 is 1.14 bits per heavy atom. The molecule has 0 atom stereocenters. The minimum atomic E-state index is -0.273. The molecule has 0 aliphatic heterocycles. The SMILES string of the molecule is CCCCCC(=O)Oc1c(OCC)cc(O)c2ccccc12. The Hall–Kier alpha value is -2.23. The average Bonchev–Trinajstić information content (AvgIpc) is 2.52. The number of esters is 1. The summed E-state index contributed by atoms with van der Waals surface area (Å²) >= 11 is 0. The molecule has 0 saturated carbocycles. The van der Waals surface area contributed by atoms with E-state index in [-0.39, 0.29) is 11.7 Å². The normalized spacial score (nSPS) is 10.6. The molecule has 4 nitrogen and oxygen atoms in total. The lowest BCUT2D eigenvalue weighted by molar-refractivity contribution is -0.134. The van der Waals surface area contributed by atoms with Crippen molar-refractivity contribution in [2.75, 3.05) is 6.61 Å². The molecule has 118 valence electrons. The van der Waals surface area contributed by atoms with Gasteiger partial charge in [0.2, 0.25) is 0 Å². The number of carbonyl (C=O) groups excluding carboxylic acids is 1. The van der Waals surface area contributed by atoms with Crippen molar-refractivity contribution in [2.45, 2.75) is 39.5 Å². The number of aromatic hydroxyl groups is 1. The van der Waals surface area contributed by atoms with Gasteiger partial charge in [-0.15, -0.1) is 0 Å². The summed E-state index contributed by atoms with van der Waals surface area (Å²) in [4.78, 5) is 12.0. The molecular formula is C18H22O4. The van der Waals surface area contributed by atoms with E-state index in [1.807, 2.05) is 25.1 Å².